The van der Waals surface area contributed by atoms with Gasteiger partial charge in [0, 0.05) is 5.57 Å². The van der Waals surface area contributed by atoms with Crippen molar-refractivity contribution in [1.29, 1.82) is 10.5 Å². The predicted molar refractivity (Wildman–Crippen MR) is 92.5 cm³/mol. The van der Waals surface area contributed by atoms with Gasteiger partial charge in [0.15, 0.2) is 0 Å². The molecule has 3 rings (SSSR count). The number of nitrogens with zero attached hydrogens (tertiary/aromatic N) is 2. The van der Waals surface area contributed by atoms with Gasteiger partial charge in [0.25, 0.3) is 0 Å². The van der Waals surface area contributed by atoms with Crippen LogP contribution in [0.5, 0.6) is 11.5 Å². The molecule has 0 saturated heterocycles. The molecule has 0 fully saturated rings. The summed E-state index contributed by atoms with van der Waals surface area (Å²) < 4.78 is 164. The fraction of sp³-hybridized carbons (Fsp3) is 0.200. The quantitative estimate of drug-likeness (QED) is 0.256. The fourth-order valence-corrected chi connectivity index (χ4v) is 3.43. The molecule has 16 heteroatoms. The minimum Gasteiger partial charge on any atom is -0.405 e. The van der Waals surface area contributed by atoms with E-state index >= 15 is 0 Å². The molecular formula is C20H4F12N2O2. The maximum atomic E-state index is 13.5. The lowest BCUT2D eigenvalue weighted by atomic mass is 9.96. The van der Waals surface area contributed by atoms with Crippen LogP contribution in [-0.2, 0) is 12.4 Å². The maximum absolute atomic E-state index is 13.5. The van der Waals surface area contributed by atoms with Gasteiger partial charge in [-0.1, -0.05) is 0 Å². The lowest BCUT2D eigenvalue weighted by Gasteiger charge is -2.18. The van der Waals surface area contributed by atoms with Gasteiger partial charge in [0.2, 0.25) is 0 Å². The van der Waals surface area contributed by atoms with E-state index in [0.717, 1.165) is 0 Å². The first-order chi connectivity index (χ1) is 16.3. The Bertz CT molecular complexity index is 1250. The van der Waals surface area contributed by atoms with Crippen molar-refractivity contribution >= 4 is 5.57 Å². The molecule has 36 heavy (non-hydrogen) atoms. The molecule has 0 N–H and O–H groups in total. The SMILES string of the molecule is N#CC(C#N)=C1c2cc(C(F)(F)F)c(OC(F)(F)F)cc2-c2cc(OC(F)(F)F)c(C(F)(F)F)cc21. The first kappa shape index (κ1) is 26.5. The number of hydrogen-bond donors (Lipinski definition) is 0. The van der Waals surface area contributed by atoms with Gasteiger partial charge in [0.1, 0.15) is 29.2 Å². The molecule has 190 valence electrons. The van der Waals surface area contributed by atoms with Gasteiger partial charge in [-0.2, -0.15) is 36.9 Å². The lowest BCUT2D eigenvalue weighted by Crippen LogP contribution is -2.20. The third-order valence-electron chi connectivity index (χ3n) is 4.60. The van der Waals surface area contributed by atoms with Gasteiger partial charge in [-0.05, 0) is 46.5 Å². The zero-order chi connectivity index (χ0) is 27.4. The van der Waals surface area contributed by atoms with Crippen LogP contribution in [0.2, 0.25) is 0 Å². The molecule has 1 aliphatic rings. The van der Waals surface area contributed by atoms with Crippen LogP contribution < -0.4 is 9.47 Å². The Balaban J connectivity index is 2.50. The van der Waals surface area contributed by atoms with E-state index in [-0.39, 0.29) is 24.3 Å². The Morgan fingerprint density at radius 2 is 0.889 bits per heavy atom. The highest BCUT2D eigenvalue weighted by Crippen LogP contribution is 2.54. The zero-order valence-electron chi connectivity index (χ0n) is 16.6. The lowest BCUT2D eigenvalue weighted by molar-refractivity contribution is -0.277. The minimum atomic E-state index is -5.68. The summed E-state index contributed by atoms with van der Waals surface area (Å²) in [5, 5.41) is 18.4. The van der Waals surface area contributed by atoms with E-state index in [9.17, 15) is 63.2 Å². The predicted octanol–water partition coefficient (Wildman–Crippen LogP) is 7.35. The average molecular weight is 532 g/mol. The van der Waals surface area contributed by atoms with Crippen LogP contribution in [0.4, 0.5) is 52.7 Å². The summed E-state index contributed by atoms with van der Waals surface area (Å²) in [7, 11) is 0. The Morgan fingerprint density at radius 3 is 1.14 bits per heavy atom. The fourth-order valence-electron chi connectivity index (χ4n) is 3.43. The Hall–Kier alpha value is -4.08. The van der Waals surface area contributed by atoms with Gasteiger partial charge < -0.3 is 9.47 Å². The molecule has 0 bridgehead atoms. The van der Waals surface area contributed by atoms with E-state index in [1.807, 2.05) is 0 Å². The first-order valence-corrected chi connectivity index (χ1v) is 8.84. The standard InChI is InChI=1S/C20H4F12N2O2/c21-17(22,23)12-1-10-8(3-14(12)35-19(27,28)29)9-4-15(36-20(30,31)32)13(18(24,25)26)2-11(9)16(10)7(5-33)6-34/h1-4H. The minimum absolute atomic E-state index is 0.0159. The third-order valence-corrected chi connectivity index (χ3v) is 4.60. The summed E-state index contributed by atoms with van der Waals surface area (Å²) in [6.45, 7) is 0. The van der Waals surface area contributed by atoms with Crippen molar-refractivity contribution in [2.75, 3.05) is 0 Å². The molecule has 2 aromatic rings. The average Bonchev–Trinajstić information content (AvgIpc) is 2.97. The number of ether oxygens (including phenoxy) is 2. The molecule has 0 aromatic heterocycles. The number of fused-ring (bicyclic) bond motifs is 3. The second-order valence-electron chi connectivity index (χ2n) is 6.85. The second-order valence-corrected chi connectivity index (χ2v) is 6.85. The van der Waals surface area contributed by atoms with Crippen molar-refractivity contribution in [3.8, 4) is 34.8 Å². The van der Waals surface area contributed by atoms with Crippen LogP contribution in [0.25, 0.3) is 16.7 Å². The molecule has 0 heterocycles. The van der Waals surface area contributed by atoms with Crippen LogP contribution in [0.15, 0.2) is 29.8 Å². The smallest absolute Gasteiger partial charge is 0.405 e. The molecule has 0 radical (unpaired) electrons. The van der Waals surface area contributed by atoms with E-state index in [2.05, 4.69) is 9.47 Å². The number of rotatable bonds is 2. The molecule has 0 aliphatic heterocycles. The van der Waals surface area contributed by atoms with Crippen molar-refractivity contribution in [1.82, 2.24) is 0 Å². The van der Waals surface area contributed by atoms with Crippen molar-refractivity contribution in [2.24, 2.45) is 0 Å². The number of hydrogen-bond acceptors (Lipinski definition) is 4. The van der Waals surface area contributed by atoms with Gasteiger partial charge >= 0.3 is 25.1 Å². The molecule has 0 unspecified atom stereocenters. The molecule has 1 aliphatic carbocycles. The van der Waals surface area contributed by atoms with Crippen LogP contribution in [-0.4, -0.2) is 12.7 Å². The van der Waals surface area contributed by atoms with E-state index < -0.39 is 81.1 Å². The summed E-state index contributed by atoms with van der Waals surface area (Å²) in [5.41, 5.74) is -9.36. The second kappa shape index (κ2) is 8.25. The topological polar surface area (TPSA) is 66.0 Å². The summed E-state index contributed by atoms with van der Waals surface area (Å²) in [4.78, 5) is 0. The number of alkyl halides is 12. The number of benzene rings is 2. The number of allylic oxidation sites excluding steroid dienone is 1. The van der Waals surface area contributed by atoms with Crippen LogP contribution >= 0.6 is 0 Å². The number of halogens is 12. The molecule has 0 saturated carbocycles. The Morgan fingerprint density at radius 1 is 0.556 bits per heavy atom. The van der Waals surface area contributed by atoms with Crippen LogP contribution in [0.3, 0.4) is 0 Å². The Labute approximate surface area is 191 Å². The van der Waals surface area contributed by atoms with Crippen LogP contribution in [0.1, 0.15) is 22.3 Å². The van der Waals surface area contributed by atoms with Crippen LogP contribution in [0, 0.1) is 22.7 Å². The first-order valence-electron chi connectivity index (χ1n) is 8.84. The molecular weight excluding hydrogens is 528 g/mol. The third kappa shape index (κ3) is 5.12. The van der Waals surface area contributed by atoms with E-state index in [0.29, 0.717) is 0 Å². The highest BCUT2D eigenvalue weighted by molar-refractivity contribution is 6.05. The summed E-state index contributed by atoms with van der Waals surface area (Å²) in [6, 6.07) is 2.59. The molecule has 4 nitrogen and oxygen atoms in total. The van der Waals surface area contributed by atoms with Gasteiger partial charge in [-0.15, -0.1) is 26.3 Å². The Kier molecular flexibility index (Phi) is 6.08. The molecule has 0 atom stereocenters. The molecule has 2 aromatic carbocycles. The van der Waals surface area contributed by atoms with E-state index in [4.69, 9.17) is 0 Å². The van der Waals surface area contributed by atoms with Gasteiger partial charge in [0.05, 0.1) is 11.1 Å². The van der Waals surface area contributed by atoms with Gasteiger partial charge in [-0.25, -0.2) is 0 Å². The molecule has 0 amide bonds. The summed E-state index contributed by atoms with van der Waals surface area (Å²) in [6.07, 6.45) is -22.4. The highest BCUT2D eigenvalue weighted by Gasteiger charge is 2.44. The zero-order valence-corrected chi connectivity index (χ0v) is 16.6. The largest absolute Gasteiger partial charge is 0.573 e. The monoisotopic (exact) mass is 532 g/mol. The van der Waals surface area contributed by atoms with E-state index in [1.54, 1.807) is 0 Å². The normalized spacial score (nSPS) is 13.4. The number of nitriles is 2. The van der Waals surface area contributed by atoms with Crippen molar-refractivity contribution < 1.29 is 62.2 Å². The summed E-state index contributed by atoms with van der Waals surface area (Å²) in [5.74, 6) is -3.76. The van der Waals surface area contributed by atoms with Crippen molar-refractivity contribution in [3.05, 3.63) is 52.1 Å². The van der Waals surface area contributed by atoms with E-state index in [1.165, 1.54) is 12.1 Å². The van der Waals surface area contributed by atoms with Crippen molar-refractivity contribution in [2.45, 2.75) is 25.1 Å². The van der Waals surface area contributed by atoms with Crippen molar-refractivity contribution in [3.63, 3.8) is 0 Å². The summed E-state index contributed by atoms with van der Waals surface area (Å²) >= 11 is 0. The maximum Gasteiger partial charge on any atom is 0.573 e. The van der Waals surface area contributed by atoms with Gasteiger partial charge in [-0.3, -0.25) is 0 Å². The molecule has 0 spiro atoms. The highest BCUT2D eigenvalue weighted by atomic mass is 19.4.